The number of carbonyl (C=O) groups excluding carboxylic acids is 2. The van der Waals surface area contributed by atoms with Crippen molar-refractivity contribution in [3.8, 4) is 0 Å². The van der Waals surface area contributed by atoms with E-state index in [1.165, 1.54) is 24.3 Å². The number of ether oxygens (including phenoxy) is 1. The third-order valence-corrected chi connectivity index (χ3v) is 4.22. The fourth-order valence-electron chi connectivity index (χ4n) is 2.15. The molecule has 0 radical (unpaired) electrons. The molecule has 26 heavy (non-hydrogen) atoms. The number of halogens is 2. The Bertz CT molecular complexity index is 899. The van der Waals surface area contributed by atoms with Crippen LogP contribution < -0.4 is 5.32 Å². The normalized spacial score (nSPS) is 10.3. The molecule has 0 aliphatic rings. The number of aryl methyl sites for hydroxylation is 1. The molecular formula is C17H14Cl2N2O5. The van der Waals surface area contributed by atoms with Gasteiger partial charge in [-0.1, -0.05) is 29.3 Å². The fourth-order valence-corrected chi connectivity index (χ4v) is 2.52. The van der Waals surface area contributed by atoms with Crippen molar-refractivity contribution in [2.24, 2.45) is 0 Å². The van der Waals surface area contributed by atoms with E-state index in [1.807, 2.05) is 0 Å². The Labute approximate surface area is 159 Å². The SMILES string of the molecule is Cc1ccc([N+](=O)[O-])c(NC(=O)COC(=O)c2cc(Cl)ccc2Cl)c1C. The van der Waals surface area contributed by atoms with E-state index in [1.54, 1.807) is 19.9 Å². The largest absolute Gasteiger partial charge is 0.452 e. The molecule has 2 rings (SSSR count). The van der Waals surface area contributed by atoms with Crippen molar-refractivity contribution < 1.29 is 19.2 Å². The third kappa shape index (κ3) is 4.50. The Morgan fingerprint density at radius 1 is 1.19 bits per heavy atom. The Morgan fingerprint density at radius 3 is 2.54 bits per heavy atom. The van der Waals surface area contributed by atoms with Crippen LogP contribution in [0.2, 0.25) is 10.0 Å². The molecule has 1 amide bonds. The van der Waals surface area contributed by atoms with Gasteiger partial charge in [0, 0.05) is 11.1 Å². The molecule has 0 unspecified atom stereocenters. The molecule has 0 bridgehead atoms. The number of nitro groups is 1. The number of nitrogens with one attached hydrogen (secondary N) is 1. The predicted octanol–water partition coefficient (Wildman–Crippen LogP) is 4.31. The molecule has 0 fully saturated rings. The number of rotatable bonds is 5. The van der Waals surface area contributed by atoms with Crippen LogP contribution in [-0.2, 0) is 9.53 Å². The standard InChI is InChI=1S/C17H14Cl2N2O5/c1-9-3-6-14(21(24)25)16(10(9)2)20-15(22)8-26-17(23)12-7-11(18)4-5-13(12)19/h3-7H,8H2,1-2H3,(H,20,22). The monoisotopic (exact) mass is 396 g/mol. The number of nitrogens with zero attached hydrogens (tertiary/aromatic N) is 1. The maximum atomic E-state index is 12.1. The number of amides is 1. The van der Waals surface area contributed by atoms with Gasteiger partial charge in [-0.2, -0.15) is 0 Å². The van der Waals surface area contributed by atoms with E-state index in [4.69, 9.17) is 27.9 Å². The zero-order valence-electron chi connectivity index (χ0n) is 13.8. The van der Waals surface area contributed by atoms with Crippen molar-refractivity contribution in [2.45, 2.75) is 13.8 Å². The molecule has 0 saturated carbocycles. The summed E-state index contributed by atoms with van der Waals surface area (Å²) < 4.78 is 4.90. The molecule has 2 aromatic carbocycles. The van der Waals surface area contributed by atoms with E-state index in [-0.39, 0.29) is 27.0 Å². The molecule has 0 aromatic heterocycles. The molecule has 0 spiro atoms. The van der Waals surface area contributed by atoms with Crippen LogP contribution in [0.3, 0.4) is 0 Å². The van der Waals surface area contributed by atoms with Crippen LogP contribution in [0.5, 0.6) is 0 Å². The molecule has 2 aromatic rings. The Hall–Kier alpha value is -2.64. The summed E-state index contributed by atoms with van der Waals surface area (Å²) in [6.45, 7) is 2.78. The van der Waals surface area contributed by atoms with Gasteiger partial charge in [0.1, 0.15) is 5.69 Å². The van der Waals surface area contributed by atoms with Crippen molar-refractivity contribution in [3.05, 3.63) is 67.2 Å². The van der Waals surface area contributed by atoms with Crippen LogP contribution in [0.25, 0.3) is 0 Å². The van der Waals surface area contributed by atoms with Crippen LogP contribution in [0, 0.1) is 24.0 Å². The molecule has 0 atom stereocenters. The molecular weight excluding hydrogens is 383 g/mol. The zero-order chi connectivity index (χ0) is 19.4. The zero-order valence-corrected chi connectivity index (χ0v) is 15.4. The maximum Gasteiger partial charge on any atom is 0.340 e. The van der Waals surface area contributed by atoms with Crippen molar-refractivity contribution >= 4 is 46.5 Å². The Balaban J connectivity index is 2.10. The van der Waals surface area contributed by atoms with Gasteiger partial charge >= 0.3 is 5.97 Å². The number of anilines is 1. The minimum Gasteiger partial charge on any atom is -0.452 e. The average Bonchev–Trinajstić information content (AvgIpc) is 2.58. The highest BCUT2D eigenvalue weighted by molar-refractivity contribution is 6.35. The van der Waals surface area contributed by atoms with Gasteiger partial charge in [0.15, 0.2) is 6.61 Å². The molecule has 0 aliphatic heterocycles. The van der Waals surface area contributed by atoms with Crippen molar-refractivity contribution in [1.29, 1.82) is 0 Å². The topological polar surface area (TPSA) is 98.5 Å². The van der Waals surface area contributed by atoms with Crippen LogP contribution in [0.1, 0.15) is 21.5 Å². The lowest BCUT2D eigenvalue weighted by Gasteiger charge is -2.11. The molecule has 1 N–H and O–H groups in total. The van der Waals surface area contributed by atoms with Gasteiger partial charge < -0.3 is 10.1 Å². The average molecular weight is 397 g/mol. The van der Waals surface area contributed by atoms with E-state index in [9.17, 15) is 19.7 Å². The van der Waals surface area contributed by atoms with Gasteiger partial charge in [0.25, 0.3) is 11.6 Å². The highest BCUT2D eigenvalue weighted by Crippen LogP contribution is 2.30. The minimum atomic E-state index is -0.830. The smallest absolute Gasteiger partial charge is 0.340 e. The summed E-state index contributed by atoms with van der Waals surface area (Å²) in [5.74, 6) is -1.54. The van der Waals surface area contributed by atoms with Crippen molar-refractivity contribution in [1.82, 2.24) is 0 Å². The van der Waals surface area contributed by atoms with E-state index < -0.39 is 23.4 Å². The van der Waals surface area contributed by atoms with Gasteiger partial charge in [0.05, 0.1) is 15.5 Å². The second kappa shape index (κ2) is 8.16. The first kappa shape index (κ1) is 19.7. The second-order valence-electron chi connectivity index (χ2n) is 5.41. The van der Waals surface area contributed by atoms with E-state index in [0.29, 0.717) is 5.56 Å². The van der Waals surface area contributed by atoms with Crippen LogP contribution in [-0.4, -0.2) is 23.4 Å². The lowest BCUT2D eigenvalue weighted by molar-refractivity contribution is -0.384. The van der Waals surface area contributed by atoms with Crippen LogP contribution in [0.15, 0.2) is 30.3 Å². The molecule has 0 saturated heterocycles. The lowest BCUT2D eigenvalue weighted by Crippen LogP contribution is -2.22. The predicted molar refractivity (Wildman–Crippen MR) is 97.9 cm³/mol. The highest BCUT2D eigenvalue weighted by Gasteiger charge is 2.20. The van der Waals surface area contributed by atoms with Crippen LogP contribution >= 0.6 is 23.2 Å². The number of benzene rings is 2. The summed E-state index contributed by atoms with van der Waals surface area (Å²) in [4.78, 5) is 34.6. The maximum absolute atomic E-state index is 12.1. The number of hydrogen-bond donors (Lipinski definition) is 1. The summed E-state index contributed by atoms with van der Waals surface area (Å²) in [7, 11) is 0. The van der Waals surface area contributed by atoms with Gasteiger partial charge in [-0.05, 0) is 43.2 Å². The van der Waals surface area contributed by atoms with Gasteiger partial charge in [-0.25, -0.2) is 4.79 Å². The summed E-state index contributed by atoms with van der Waals surface area (Å²) >= 11 is 11.7. The van der Waals surface area contributed by atoms with E-state index in [0.717, 1.165) is 5.56 Å². The van der Waals surface area contributed by atoms with Crippen LogP contribution in [0.4, 0.5) is 11.4 Å². The number of nitro benzene ring substituents is 1. The van der Waals surface area contributed by atoms with Crippen molar-refractivity contribution in [3.63, 3.8) is 0 Å². The van der Waals surface area contributed by atoms with Gasteiger partial charge in [0.2, 0.25) is 0 Å². The van der Waals surface area contributed by atoms with Gasteiger partial charge in [-0.15, -0.1) is 0 Å². The second-order valence-corrected chi connectivity index (χ2v) is 6.25. The Kier molecular flexibility index (Phi) is 6.18. The quantitative estimate of drug-likeness (QED) is 0.461. The molecule has 0 heterocycles. The number of hydrogen-bond acceptors (Lipinski definition) is 5. The lowest BCUT2D eigenvalue weighted by atomic mass is 10.1. The molecule has 9 heteroatoms. The first-order valence-electron chi connectivity index (χ1n) is 7.37. The molecule has 136 valence electrons. The minimum absolute atomic E-state index is 0.0182. The first-order valence-corrected chi connectivity index (χ1v) is 8.13. The highest BCUT2D eigenvalue weighted by atomic mass is 35.5. The number of esters is 1. The Morgan fingerprint density at radius 2 is 1.88 bits per heavy atom. The summed E-state index contributed by atoms with van der Waals surface area (Å²) in [5, 5.41) is 14.0. The molecule has 7 nitrogen and oxygen atoms in total. The fraction of sp³-hybridized carbons (Fsp3) is 0.176. The van der Waals surface area contributed by atoms with Gasteiger partial charge in [-0.3, -0.25) is 14.9 Å². The van der Waals surface area contributed by atoms with Crippen molar-refractivity contribution in [2.75, 3.05) is 11.9 Å². The third-order valence-electron chi connectivity index (χ3n) is 3.66. The summed E-state index contributed by atoms with van der Waals surface area (Å²) in [6, 6.07) is 7.15. The first-order chi connectivity index (χ1) is 12.2. The summed E-state index contributed by atoms with van der Waals surface area (Å²) in [5.41, 5.74) is 1.16. The number of carbonyl (C=O) groups is 2. The molecule has 0 aliphatic carbocycles. The van der Waals surface area contributed by atoms with E-state index in [2.05, 4.69) is 5.32 Å². The summed E-state index contributed by atoms with van der Waals surface area (Å²) in [6.07, 6.45) is 0. The van der Waals surface area contributed by atoms with E-state index >= 15 is 0 Å².